The van der Waals surface area contributed by atoms with Crippen LogP contribution in [0.15, 0.2) is 37.0 Å². The number of esters is 3. The Labute approximate surface area is 164 Å². The summed E-state index contributed by atoms with van der Waals surface area (Å²) in [6.07, 6.45) is 1.14. The van der Waals surface area contributed by atoms with Gasteiger partial charge < -0.3 is 19.1 Å². The Balaban J connectivity index is -0.0000000759. The van der Waals surface area contributed by atoms with Crippen molar-refractivity contribution >= 4 is 30.3 Å². The van der Waals surface area contributed by atoms with Crippen LogP contribution in [-0.2, 0) is 28.6 Å². The number of methoxy groups -OCH3 is 2. The number of halogens is 1. The summed E-state index contributed by atoms with van der Waals surface area (Å²) in [6, 6.07) is 0. The summed E-state index contributed by atoms with van der Waals surface area (Å²) in [5, 5.41) is 0. The number of carbonyl (C=O) groups is 3. The molecule has 0 saturated heterocycles. The molecule has 0 aliphatic rings. The minimum Gasteiger partial charge on any atom is -0.466 e. The van der Waals surface area contributed by atoms with E-state index in [0.717, 1.165) is 6.08 Å². The molecule has 0 aliphatic carbocycles. The van der Waals surface area contributed by atoms with Gasteiger partial charge in [-0.3, -0.25) is 0 Å². The van der Waals surface area contributed by atoms with E-state index in [-0.39, 0.29) is 30.3 Å². The van der Waals surface area contributed by atoms with Gasteiger partial charge in [0.15, 0.2) is 0 Å². The topological polar surface area (TPSA) is 82.1 Å². The van der Waals surface area contributed by atoms with E-state index in [2.05, 4.69) is 33.9 Å². The van der Waals surface area contributed by atoms with Crippen molar-refractivity contribution in [2.45, 2.75) is 20.8 Å². The van der Waals surface area contributed by atoms with Gasteiger partial charge in [-0.05, 0) is 41.9 Å². The summed E-state index contributed by atoms with van der Waals surface area (Å²) >= 11 is 0. The molecule has 0 rings (SSSR count). The lowest BCUT2D eigenvalue weighted by Crippen LogP contribution is -1.99. The number of carbonyl (C=O) groups excluding carboxylic acids is 3. The molecule has 0 radical (unpaired) electrons. The Morgan fingerprint density at radius 2 is 1.19 bits per heavy atom. The minimum absolute atomic E-state index is 0. The number of ether oxygens (including phenoxy) is 3. The fraction of sp³-hybridized carbons (Fsp3) is 0.500. The molecule has 0 aromatic rings. The molecule has 0 aromatic heterocycles. The minimum atomic E-state index is -0.359. The molecule has 7 nitrogen and oxygen atoms in total. The fourth-order valence-corrected chi connectivity index (χ4v) is 0.550. The van der Waals surface area contributed by atoms with Crippen molar-refractivity contribution in [2.24, 2.45) is 0 Å². The van der Waals surface area contributed by atoms with Gasteiger partial charge in [0.05, 0.1) is 20.8 Å². The van der Waals surface area contributed by atoms with Crippen LogP contribution in [-0.4, -0.2) is 64.8 Å². The number of rotatable bonds is 4. The molecule has 0 bridgehead atoms. The third-order valence-corrected chi connectivity index (χ3v) is 1.52. The van der Waals surface area contributed by atoms with Crippen molar-refractivity contribution < 1.29 is 28.6 Å². The highest BCUT2D eigenvalue weighted by Crippen LogP contribution is 1.87. The van der Waals surface area contributed by atoms with Gasteiger partial charge in [0.2, 0.25) is 0 Å². The Hall–Kier alpha value is -2.12. The molecule has 0 saturated carbocycles. The molecule has 0 amide bonds. The van der Waals surface area contributed by atoms with Crippen LogP contribution in [0.2, 0.25) is 0 Å². The molecule has 0 fully saturated rings. The summed E-state index contributed by atoms with van der Waals surface area (Å²) in [6.45, 7) is 15.3. The molecule has 0 unspecified atom stereocenters. The van der Waals surface area contributed by atoms with E-state index < -0.39 is 0 Å². The summed E-state index contributed by atoms with van der Waals surface area (Å²) < 4.78 is 13.0. The number of nitrogens with zero attached hydrogens (tertiary/aromatic N) is 1. The van der Waals surface area contributed by atoms with Crippen molar-refractivity contribution in [1.82, 2.24) is 4.90 Å². The first-order valence-corrected chi connectivity index (χ1v) is 7.28. The highest BCUT2D eigenvalue weighted by Gasteiger charge is 1.96. The van der Waals surface area contributed by atoms with Gasteiger partial charge in [-0.25, -0.2) is 14.4 Å². The van der Waals surface area contributed by atoms with Gasteiger partial charge in [0, 0.05) is 17.2 Å². The van der Waals surface area contributed by atoms with Crippen LogP contribution in [0.4, 0.5) is 0 Å². The van der Waals surface area contributed by atoms with Gasteiger partial charge in [0.1, 0.15) is 0 Å². The smallest absolute Gasteiger partial charge is 0.332 e. The van der Waals surface area contributed by atoms with Gasteiger partial charge in [-0.1, -0.05) is 19.7 Å². The van der Waals surface area contributed by atoms with E-state index >= 15 is 0 Å². The molecule has 0 N–H and O–H groups in total. The van der Waals surface area contributed by atoms with Crippen LogP contribution in [0.25, 0.3) is 0 Å². The fourth-order valence-electron chi connectivity index (χ4n) is 0.550. The van der Waals surface area contributed by atoms with Crippen LogP contribution in [0, 0.1) is 0 Å². The Morgan fingerprint density at radius 3 is 1.23 bits per heavy atom. The van der Waals surface area contributed by atoms with E-state index in [9.17, 15) is 14.4 Å². The van der Waals surface area contributed by atoms with Crippen molar-refractivity contribution in [3.8, 4) is 0 Å². The largest absolute Gasteiger partial charge is 0.466 e. The lowest BCUT2D eigenvalue weighted by atomic mass is 10.4. The zero-order chi connectivity index (χ0) is 21.0. The normalized spacial score (nSPS) is 7.58. The van der Waals surface area contributed by atoms with E-state index in [1.165, 1.54) is 14.2 Å². The monoisotopic (exact) mass is 395 g/mol. The second kappa shape index (κ2) is 25.1. The summed E-state index contributed by atoms with van der Waals surface area (Å²) in [5.41, 5.74) is 0.866. The van der Waals surface area contributed by atoms with Gasteiger partial charge in [0.25, 0.3) is 0 Å². The highest BCUT2D eigenvalue weighted by molar-refractivity contribution is 5.87. The van der Waals surface area contributed by atoms with Gasteiger partial charge >= 0.3 is 17.9 Å². The Bertz CT molecular complexity index is 402. The Kier molecular flexibility index (Phi) is 33.9. The molecule has 26 heavy (non-hydrogen) atoms. The second-order valence-electron chi connectivity index (χ2n) is 4.84. The van der Waals surface area contributed by atoms with Crippen LogP contribution >= 0.6 is 12.4 Å². The summed E-state index contributed by atoms with van der Waals surface area (Å²) in [5.74, 6) is -1.05. The third-order valence-electron chi connectivity index (χ3n) is 1.52. The van der Waals surface area contributed by atoms with Crippen LogP contribution in [0.1, 0.15) is 20.8 Å². The van der Waals surface area contributed by atoms with Crippen LogP contribution in [0.5, 0.6) is 0 Å². The number of hydrogen-bond donors (Lipinski definition) is 0. The van der Waals surface area contributed by atoms with Gasteiger partial charge in [-0.2, -0.15) is 0 Å². The van der Waals surface area contributed by atoms with Crippen molar-refractivity contribution in [3.63, 3.8) is 0 Å². The molecule has 0 aromatic carbocycles. The van der Waals surface area contributed by atoms with Crippen molar-refractivity contribution in [3.05, 3.63) is 37.0 Å². The van der Waals surface area contributed by atoms with Crippen LogP contribution < -0.4 is 0 Å². The average Bonchev–Trinajstić information content (AvgIpc) is 2.53. The predicted octanol–water partition coefficient (Wildman–Crippen LogP) is 2.81. The molecule has 0 heterocycles. The SMILES string of the molecule is C=C(C)C(=O)OC.C=C(C)C(=O)OC.C=CC(=O)OCC.CN(C)C.Cl. The first kappa shape index (κ1) is 35.1. The first-order valence-electron chi connectivity index (χ1n) is 7.28. The highest BCUT2D eigenvalue weighted by atomic mass is 35.5. The van der Waals surface area contributed by atoms with E-state index in [1.807, 2.05) is 26.0 Å². The summed E-state index contributed by atoms with van der Waals surface area (Å²) in [4.78, 5) is 32.5. The molecular formula is C18H34ClNO6. The van der Waals surface area contributed by atoms with Gasteiger partial charge in [-0.15, -0.1) is 12.4 Å². The van der Waals surface area contributed by atoms with E-state index in [4.69, 9.17) is 0 Å². The predicted molar refractivity (Wildman–Crippen MR) is 107 cm³/mol. The molecule has 0 aliphatic heterocycles. The van der Waals surface area contributed by atoms with Crippen molar-refractivity contribution in [2.75, 3.05) is 42.0 Å². The quantitative estimate of drug-likeness (QED) is 0.411. The molecule has 8 heteroatoms. The average molecular weight is 396 g/mol. The number of hydrogen-bond acceptors (Lipinski definition) is 7. The van der Waals surface area contributed by atoms with E-state index in [0.29, 0.717) is 17.8 Å². The lowest BCUT2D eigenvalue weighted by Gasteiger charge is -1.91. The summed E-state index contributed by atoms with van der Waals surface area (Å²) in [7, 11) is 8.66. The first-order chi connectivity index (χ1) is 11.4. The Morgan fingerprint density at radius 1 is 0.923 bits per heavy atom. The molecular weight excluding hydrogens is 362 g/mol. The maximum Gasteiger partial charge on any atom is 0.332 e. The standard InChI is InChI=1S/3C5H8O2.C3H9N.ClH/c2*1-4(2)5(6)7-3;1-3-5(6)7-4-2;1-4(2)3;/h2*1H2,2-3H3;3H,1,4H2,2H3;1-3H3;1H. The maximum absolute atomic E-state index is 10.2. The third kappa shape index (κ3) is 43.1. The zero-order valence-electron chi connectivity index (χ0n) is 17.2. The van der Waals surface area contributed by atoms with Crippen LogP contribution in [0.3, 0.4) is 0 Å². The van der Waals surface area contributed by atoms with E-state index in [1.54, 1.807) is 20.8 Å². The zero-order valence-corrected chi connectivity index (χ0v) is 18.0. The lowest BCUT2D eigenvalue weighted by molar-refractivity contribution is -0.137. The van der Waals surface area contributed by atoms with Crippen molar-refractivity contribution in [1.29, 1.82) is 0 Å². The maximum atomic E-state index is 10.2. The molecule has 0 spiro atoms. The second-order valence-corrected chi connectivity index (χ2v) is 4.84. The molecule has 154 valence electrons. The molecule has 0 atom stereocenters.